The molecule has 1 aromatic carbocycles. The lowest BCUT2D eigenvalue weighted by Crippen LogP contribution is -2.34. The number of hydrogen-bond acceptors (Lipinski definition) is 6. The number of aromatic nitrogens is 1. The first-order valence-electron chi connectivity index (χ1n) is 10.2. The van der Waals surface area contributed by atoms with E-state index in [2.05, 4.69) is 53.5 Å². The zero-order valence-corrected chi connectivity index (χ0v) is 18.4. The van der Waals surface area contributed by atoms with E-state index < -0.39 is 0 Å². The first-order valence-corrected chi connectivity index (χ1v) is 11.1. The summed E-state index contributed by atoms with van der Waals surface area (Å²) in [6, 6.07) is 16.7. The molecule has 0 spiro atoms. The predicted octanol–water partition coefficient (Wildman–Crippen LogP) is 4.34. The Morgan fingerprint density at radius 1 is 1.23 bits per heavy atom. The lowest BCUT2D eigenvalue weighted by Gasteiger charge is -2.26. The van der Waals surface area contributed by atoms with E-state index in [1.807, 2.05) is 29.6 Å². The Bertz CT molecular complexity index is 878. The molecule has 7 heteroatoms. The van der Waals surface area contributed by atoms with E-state index in [0.717, 1.165) is 30.1 Å². The summed E-state index contributed by atoms with van der Waals surface area (Å²) >= 11 is 1.59. The molecule has 0 bridgehead atoms. The van der Waals surface area contributed by atoms with Gasteiger partial charge >= 0.3 is 0 Å². The monoisotopic (exact) mass is 427 g/mol. The molecule has 0 aliphatic heterocycles. The highest BCUT2D eigenvalue weighted by atomic mass is 32.1. The van der Waals surface area contributed by atoms with Gasteiger partial charge in [-0.25, -0.2) is 0 Å². The van der Waals surface area contributed by atoms with Crippen LogP contribution in [0, 0.1) is 0 Å². The van der Waals surface area contributed by atoms with Crippen LogP contribution >= 0.6 is 11.3 Å². The maximum Gasteiger partial charge on any atom is 0.246 e. The van der Waals surface area contributed by atoms with Crippen LogP contribution in [0.25, 0.3) is 10.6 Å². The van der Waals surface area contributed by atoms with E-state index in [0.29, 0.717) is 18.3 Å². The average Bonchev–Trinajstić information content (AvgIpc) is 3.43. The molecule has 0 atom stereocenters. The molecule has 2 heterocycles. The van der Waals surface area contributed by atoms with Gasteiger partial charge in [-0.3, -0.25) is 9.69 Å². The summed E-state index contributed by atoms with van der Waals surface area (Å²) in [4.78, 5) is 15.4. The number of hydrogen-bond donors (Lipinski definition) is 1. The largest absolute Gasteiger partial charge is 0.365 e. The Kier molecular flexibility index (Phi) is 8.62. The Labute approximate surface area is 181 Å². The number of thiophene rings is 1. The summed E-state index contributed by atoms with van der Waals surface area (Å²) in [6.45, 7) is 7.14. The quantitative estimate of drug-likeness (QED) is 0.436. The van der Waals surface area contributed by atoms with Crippen molar-refractivity contribution in [1.82, 2.24) is 15.4 Å². The molecule has 0 saturated heterocycles. The Hall–Kier alpha value is -2.48. The second kappa shape index (κ2) is 11.6. The van der Waals surface area contributed by atoms with Crippen molar-refractivity contribution in [3.63, 3.8) is 0 Å². The van der Waals surface area contributed by atoms with Gasteiger partial charge in [-0.1, -0.05) is 41.6 Å². The van der Waals surface area contributed by atoms with Crippen LogP contribution in [-0.2, 0) is 22.7 Å². The fourth-order valence-corrected chi connectivity index (χ4v) is 3.73. The maximum absolute atomic E-state index is 12.0. The van der Waals surface area contributed by atoms with Crippen LogP contribution in [-0.4, -0.2) is 41.7 Å². The van der Waals surface area contributed by atoms with Crippen molar-refractivity contribution in [2.24, 2.45) is 0 Å². The minimum absolute atomic E-state index is 0.0130. The van der Waals surface area contributed by atoms with Crippen molar-refractivity contribution >= 4 is 17.2 Å². The van der Waals surface area contributed by atoms with Gasteiger partial charge in [0, 0.05) is 31.7 Å². The van der Waals surface area contributed by atoms with Crippen LogP contribution in [0.2, 0.25) is 0 Å². The molecular formula is C23H29N3O3S. The van der Waals surface area contributed by atoms with Gasteiger partial charge in [-0.05, 0) is 37.3 Å². The molecule has 0 aliphatic carbocycles. The van der Waals surface area contributed by atoms with Crippen molar-refractivity contribution in [2.45, 2.75) is 39.5 Å². The standard InChI is InChI=1S/C23H29N3O3S/c1-18(2)26(15-19-8-4-3-5-9-19)12-7-11-24-23(27)17-28-16-20-14-21(29-25-20)22-10-6-13-30-22/h3-6,8-10,13-14,18H,7,11-12,15-17H2,1-2H3,(H,24,27). The summed E-state index contributed by atoms with van der Waals surface area (Å²) in [5, 5.41) is 8.89. The van der Waals surface area contributed by atoms with Crippen molar-refractivity contribution in [3.8, 4) is 10.6 Å². The number of ether oxygens (including phenoxy) is 1. The van der Waals surface area contributed by atoms with Gasteiger partial charge in [0.15, 0.2) is 5.76 Å². The first kappa shape index (κ1) is 22.2. The third kappa shape index (κ3) is 7.09. The molecule has 0 saturated carbocycles. The van der Waals surface area contributed by atoms with E-state index in [9.17, 15) is 4.79 Å². The second-order valence-electron chi connectivity index (χ2n) is 7.41. The summed E-state index contributed by atoms with van der Waals surface area (Å²) in [5.41, 5.74) is 1.98. The third-order valence-electron chi connectivity index (χ3n) is 4.71. The summed E-state index contributed by atoms with van der Waals surface area (Å²) in [5.74, 6) is 0.606. The van der Waals surface area contributed by atoms with Gasteiger partial charge in [0.25, 0.3) is 0 Å². The number of carbonyl (C=O) groups is 1. The number of nitrogens with zero attached hydrogens (tertiary/aromatic N) is 2. The van der Waals surface area contributed by atoms with Gasteiger partial charge in [0.05, 0.1) is 11.5 Å². The summed E-state index contributed by atoms with van der Waals surface area (Å²) in [6.07, 6.45) is 0.893. The van der Waals surface area contributed by atoms with Crippen molar-refractivity contribution in [2.75, 3.05) is 19.7 Å². The van der Waals surface area contributed by atoms with Crippen LogP contribution in [0.4, 0.5) is 0 Å². The number of carbonyl (C=O) groups excluding carboxylic acids is 1. The summed E-state index contributed by atoms with van der Waals surface area (Å²) in [7, 11) is 0. The second-order valence-corrected chi connectivity index (χ2v) is 8.35. The molecule has 1 amide bonds. The maximum atomic E-state index is 12.0. The molecular weight excluding hydrogens is 398 g/mol. The van der Waals surface area contributed by atoms with E-state index in [1.54, 1.807) is 11.3 Å². The molecule has 160 valence electrons. The highest BCUT2D eigenvalue weighted by Gasteiger charge is 2.11. The normalized spacial score (nSPS) is 11.3. The molecule has 0 radical (unpaired) electrons. The van der Waals surface area contributed by atoms with E-state index in [4.69, 9.17) is 9.26 Å². The Morgan fingerprint density at radius 3 is 2.80 bits per heavy atom. The molecule has 0 unspecified atom stereocenters. The van der Waals surface area contributed by atoms with Crippen LogP contribution < -0.4 is 5.32 Å². The van der Waals surface area contributed by atoms with Crippen LogP contribution in [0.1, 0.15) is 31.5 Å². The molecule has 2 aromatic heterocycles. The molecule has 6 nitrogen and oxygen atoms in total. The Morgan fingerprint density at radius 2 is 2.07 bits per heavy atom. The van der Waals surface area contributed by atoms with E-state index in [1.165, 1.54) is 5.56 Å². The first-order chi connectivity index (χ1) is 14.6. The van der Waals surface area contributed by atoms with Gasteiger partial charge < -0.3 is 14.6 Å². The van der Waals surface area contributed by atoms with Gasteiger partial charge in [-0.2, -0.15) is 0 Å². The molecule has 0 fully saturated rings. The fourth-order valence-electron chi connectivity index (χ4n) is 3.06. The van der Waals surface area contributed by atoms with Gasteiger partial charge in [-0.15, -0.1) is 11.3 Å². The molecule has 30 heavy (non-hydrogen) atoms. The number of benzene rings is 1. The van der Waals surface area contributed by atoms with E-state index >= 15 is 0 Å². The average molecular weight is 428 g/mol. The van der Waals surface area contributed by atoms with Crippen molar-refractivity contribution in [3.05, 3.63) is 65.2 Å². The minimum atomic E-state index is -0.115. The Balaban J connectivity index is 1.31. The lowest BCUT2D eigenvalue weighted by atomic mass is 10.2. The zero-order valence-electron chi connectivity index (χ0n) is 17.5. The highest BCUT2D eigenvalue weighted by molar-refractivity contribution is 7.13. The third-order valence-corrected chi connectivity index (χ3v) is 5.59. The zero-order chi connectivity index (χ0) is 21.2. The molecule has 0 aliphatic rings. The topological polar surface area (TPSA) is 67.6 Å². The van der Waals surface area contributed by atoms with Crippen molar-refractivity contribution < 1.29 is 14.1 Å². The van der Waals surface area contributed by atoms with Crippen LogP contribution in [0.3, 0.4) is 0 Å². The summed E-state index contributed by atoms with van der Waals surface area (Å²) < 4.78 is 10.8. The van der Waals surface area contributed by atoms with Crippen LogP contribution in [0.5, 0.6) is 0 Å². The molecule has 3 rings (SSSR count). The van der Waals surface area contributed by atoms with Gasteiger partial charge in [0.1, 0.15) is 12.3 Å². The molecule has 3 aromatic rings. The highest BCUT2D eigenvalue weighted by Crippen LogP contribution is 2.25. The number of amides is 1. The van der Waals surface area contributed by atoms with Gasteiger partial charge in [0.2, 0.25) is 5.91 Å². The van der Waals surface area contributed by atoms with E-state index in [-0.39, 0.29) is 19.1 Å². The number of nitrogens with one attached hydrogen (secondary N) is 1. The predicted molar refractivity (Wildman–Crippen MR) is 119 cm³/mol. The minimum Gasteiger partial charge on any atom is -0.365 e. The molecule has 1 N–H and O–H groups in total. The smallest absolute Gasteiger partial charge is 0.246 e. The fraction of sp³-hybridized carbons (Fsp3) is 0.391. The number of rotatable bonds is 12. The SMILES string of the molecule is CC(C)N(CCCNC(=O)COCc1cc(-c2cccs2)on1)Cc1ccccc1. The van der Waals surface area contributed by atoms with Crippen molar-refractivity contribution in [1.29, 1.82) is 0 Å². The lowest BCUT2D eigenvalue weighted by molar-refractivity contribution is -0.126. The van der Waals surface area contributed by atoms with Crippen LogP contribution in [0.15, 0.2) is 58.4 Å².